The molecule has 0 radical (unpaired) electrons. The number of benzene rings is 1. The van der Waals surface area contributed by atoms with Gasteiger partial charge in [0, 0.05) is 41.8 Å². The van der Waals surface area contributed by atoms with Crippen molar-refractivity contribution < 1.29 is 4.74 Å². The first kappa shape index (κ1) is 20.4. The molecule has 0 bridgehead atoms. The molecule has 6 nitrogen and oxygen atoms in total. The van der Waals surface area contributed by atoms with Crippen LogP contribution in [0.15, 0.2) is 40.4 Å². The second-order valence-electron chi connectivity index (χ2n) is 8.07. The number of fused-ring (bicyclic) bond motifs is 1. The van der Waals surface area contributed by atoms with Crippen molar-refractivity contribution in [1.29, 1.82) is 0 Å². The predicted molar refractivity (Wildman–Crippen MR) is 121 cm³/mol. The van der Waals surface area contributed by atoms with Crippen molar-refractivity contribution in [2.24, 2.45) is 11.1 Å². The van der Waals surface area contributed by atoms with Gasteiger partial charge in [-0.1, -0.05) is 41.0 Å². The van der Waals surface area contributed by atoms with E-state index in [9.17, 15) is 0 Å². The molecule has 0 aliphatic carbocycles. The maximum Gasteiger partial charge on any atom is 0.211 e. The minimum Gasteiger partial charge on any atom is -0.379 e. The third-order valence-electron chi connectivity index (χ3n) is 6.30. The molecule has 2 saturated heterocycles. The van der Waals surface area contributed by atoms with Gasteiger partial charge < -0.3 is 15.4 Å². The molecule has 158 valence electrons. The lowest BCUT2D eigenvalue weighted by atomic mass is 9.75. The highest BCUT2D eigenvalue weighted by atomic mass is 35.5. The third-order valence-corrected chi connectivity index (χ3v) is 8.47. The van der Waals surface area contributed by atoms with Crippen molar-refractivity contribution >= 4 is 46.6 Å². The Labute approximate surface area is 189 Å². The molecule has 9 heteroatoms. The maximum absolute atomic E-state index is 6.42. The molecule has 4 heterocycles. The highest BCUT2D eigenvalue weighted by Crippen LogP contribution is 2.42. The zero-order valence-corrected chi connectivity index (χ0v) is 19.0. The standard InChI is InChI=1S/C21H23Cl2N5OS/c1-13-18(30-15-4-2-3-14(22)17(15)23)19-25-7-10-28(19)20(26-13)27-8-5-21(6-9-27)12-29-11-16(21)24/h2-4,7,10,16H,5-6,8-9,11-12,24H2,1H3/t16-/m1/s1. The fourth-order valence-electron chi connectivity index (χ4n) is 4.40. The molecule has 3 aromatic rings. The number of imidazole rings is 1. The Morgan fingerprint density at radius 1 is 1.27 bits per heavy atom. The van der Waals surface area contributed by atoms with E-state index in [1.165, 1.54) is 0 Å². The Kier molecular flexibility index (Phi) is 5.35. The van der Waals surface area contributed by atoms with Crippen LogP contribution in [0.5, 0.6) is 0 Å². The van der Waals surface area contributed by atoms with Crippen molar-refractivity contribution in [3.8, 4) is 0 Å². The number of hydrogen-bond donors (Lipinski definition) is 1. The fraction of sp³-hybridized carbons (Fsp3) is 0.429. The number of rotatable bonds is 3. The van der Waals surface area contributed by atoms with Gasteiger partial charge in [0.05, 0.1) is 33.8 Å². The first-order chi connectivity index (χ1) is 14.5. The molecule has 0 amide bonds. The first-order valence-corrected chi connectivity index (χ1v) is 11.6. The predicted octanol–water partition coefficient (Wildman–Crippen LogP) is 4.44. The van der Waals surface area contributed by atoms with E-state index in [-0.39, 0.29) is 11.5 Å². The average molecular weight is 464 g/mol. The lowest BCUT2D eigenvalue weighted by Gasteiger charge is -2.41. The Morgan fingerprint density at radius 2 is 2.07 bits per heavy atom. The number of piperidine rings is 1. The largest absolute Gasteiger partial charge is 0.379 e. The van der Waals surface area contributed by atoms with Crippen LogP contribution in [-0.4, -0.2) is 46.7 Å². The summed E-state index contributed by atoms with van der Waals surface area (Å²) in [6.07, 6.45) is 5.81. The molecule has 2 aliphatic rings. The summed E-state index contributed by atoms with van der Waals surface area (Å²) < 4.78 is 7.73. The van der Waals surface area contributed by atoms with E-state index in [4.69, 9.17) is 38.7 Å². The van der Waals surface area contributed by atoms with Crippen LogP contribution in [0.1, 0.15) is 18.5 Å². The van der Waals surface area contributed by atoms with E-state index in [0.717, 1.165) is 59.6 Å². The minimum atomic E-state index is 0.110. The quantitative estimate of drug-likeness (QED) is 0.618. The summed E-state index contributed by atoms with van der Waals surface area (Å²) in [5.74, 6) is 0.920. The zero-order chi connectivity index (χ0) is 20.9. The van der Waals surface area contributed by atoms with Gasteiger partial charge in [0.2, 0.25) is 5.95 Å². The number of nitrogens with zero attached hydrogens (tertiary/aromatic N) is 4. The molecule has 2 fully saturated rings. The lowest BCUT2D eigenvalue weighted by Crippen LogP contribution is -2.49. The first-order valence-electron chi connectivity index (χ1n) is 10.0. The van der Waals surface area contributed by atoms with Gasteiger partial charge in [-0.05, 0) is 31.9 Å². The van der Waals surface area contributed by atoms with Crippen molar-refractivity contribution in [3.63, 3.8) is 0 Å². The van der Waals surface area contributed by atoms with Crippen molar-refractivity contribution in [2.45, 2.75) is 35.6 Å². The molecule has 1 spiro atoms. The zero-order valence-electron chi connectivity index (χ0n) is 16.6. The Hall–Kier alpha value is -1.51. The number of nitrogens with two attached hydrogens (primary N) is 1. The third kappa shape index (κ3) is 3.37. The molecule has 0 unspecified atom stereocenters. The minimum absolute atomic E-state index is 0.110. The summed E-state index contributed by atoms with van der Waals surface area (Å²) in [6, 6.07) is 5.78. The Bertz CT molecular complexity index is 1100. The molecule has 2 aromatic heterocycles. The number of aromatic nitrogens is 3. The molecule has 2 N–H and O–H groups in total. The molecule has 2 aliphatic heterocycles. The van der Waals surface area contributed by atoms with Crippen LogP contribution in [-0.2, 0) is 4.74 Å². The average Bonchev–Trinajstić information content (AvgIpc) is 3.36. The van der Waals surface area contributed by atoms with E-state index in [1.54, 1.807) is 17.8 Å². The van der Waals surface area contributed by atoms with Gasteiger partial charge in [0.1, 0.15) is 0 Å². The van der Waals surface area contributed by atoms with Gasteiger partial charge in [-0.15, -0.1) is 0 Å². The fourth-order valence-corrected chi connectivity index (χ4v) is 5.88. The molecule has 0 saturated carbocycles. The van der Waals surface area contributed by atoms with Crippen molar-refractivity contribution in [1.82, 2.24) is 14.4 Å². The topological polar surface area (TPSA) is 68.7 Å². The van der Waals surface area contributed by atoms with Crippen LogP contribution in [0.25, 0.3) is 5.65 Å². The molecular formula is C21H23Cl2N5OS. The van der Waals surface area contributed by atoms with Crippen LogP contribution in [0.3, 0.4) is 0 Å². The highest BCUT2D eigenvalue weighted by Gasteiger charge is 2.44. The smallest absolute Gasteiger partial charge is 0.211 e. The normalized spacial score (nSPS) is 21.1. The number of halogens is 2. The summed E-state index contributed by atoms with van der Waals surface area (Å²) in [6.45, 7) is 5.27. The second-order valence-corrected chi connectivity index (χ2v) is 9.91. The van der Waals surface area contributed by atoms with Crippen molar-refractivity contribution in [3.05, 3.63) is 46.3 Å². The maximum atomic E-state index is 6.42. The highest BCUT2D eigenvalue weighted by molar-refractivity contribution is 7.99. The van der Waals surface area contributed by atoms with Crippen molar-refractivity contribution in [2.75, 3.05) is 31.2 Å². The Morgan fingerprint density at radius 3 is 2.80 bits per heavy atom. The summed E-state index contributed by atoms with van der Waals surface area (Å²) in [5, 5.41) is 1.09. The summed E-state index contributed by atoms with van der Waals surface area (Å²) in [7, 11) is 0. The van der Waals surface area contributed by atoms with Crippen LogP contribution in [0.4, 0.5) is 5.95 Å². The molecule has 1 aromatic carbocycles. The summed E-state index contributed by atoms with van der Waals surface area (Å²) in [4.78, 5) is 13.8. The van der Waals surface area contributed by atoms with Gasteiger partial charge in [-0.2, -0.15) is 0 Å². The van der Waals surface area contributed by atoms with Crippen LogP contribution < -0.4 is 10.6 Å². The summed E-state index contributed by atoms with van der Waals surface area (Å²) >= 11 is 14.2. The SMILES string of the molecule is Cc1nc(N2CCC3(CC2)COC[C@H]3N)n2ccnc2c1Sc1cccc(Cl)c1Cl. The number of aryl methyl sites for hydroxylation is 1. The monoisotopic (exact) mass is 463 g/mol. The van der Waals surface area contributed by atoms with E-state index < -0.39 is 0 Å². The van der Waals surface area contributed by atoms with Crippen LogP contribution >= 0.6 is 35.0 Å². The number of hydrogen-bond acceptors (Lipinski definition) is 6. The van der Waals surface area contributed by atoms with E-state index in [2.05, 4.69) is 14.3 Å². The molecular weight excluding hydrogens is 441 g/mol. The van der Waals surface area contributed by atoms with Crippen LogP contribution in [0.2, 0.25) is 10.0 Å². The van der Waals surface area contributed by atoms with Gasteiger partial charge in [0.25, 0.3) is 0 Å². The second kappa shape index (κ2) is 7.88. The van der Waals surface area contributed by atoms with Gasteiger partial charge in [-0.25, -0.2) is 9.97 Å². The van der Waals surface area contributed by atoms with Gasteiger partial charge in [-0.3, -0.25) is 4.40 Å². The lowest BCUT2D eigenvalue weighted by molar-refractivity contribution is 0.131. The van der Waals surface area contributed by atoms with E-state index in [1.807, 2.05) is 31.5 Å². The molecule has 1 atom stereocenters. The summed E-state index contributed by atoms with van der Waals surface area (Å²) in [5.41, 5.74) is 8.25. The van der Waals surface area contributed by atoms with Crippen LogP contribution in [0, 0.1) is 12.3 Å². The molecule has 30 heavy (non-hydrogen) atoms. The van der Waals surface area contributed by atoms with E-state index in [0.29, 0.717) is 16.7 Å². The Balaban J connectivity index is 1.47. The molecule has 5 rings (SSSR count). The van der Waals surface area contributed by atoms with Gasteiger partial charge >= 0.3 is 0 Å². The number of anilines is 1. The van der Waals surface area contributed by atoms with Gasteiger partial charge in [0.15, 0.2) is 5.65 Å². The van der Waals surface area contributed by atoms with E-state index >= 15 is 0 Å². The number of ether oxygens (including phenoxy) is 1.